The van der Waals surface area contributed by atoms with Gasteiger partial charge in [0, 0.05) is 18.6 Å². The van der Waals surface area contributed by atoms with E-state index in [2.05, 4.69) is 15.5 Å². The number of ether oxygens (including phenoxy) is 4. The fraction of sp³-hybridized carbons (Fsp3) is 0.444. The number of benzene rings is 3. The van der Waals surface area contributed by atoms with Crippen LogP contribution < -0.4 is 9.47 Å². The Kier molecular flexibility index (Phi) is 9.54. The van der Waals surface area contributed by atoms with E-state index in [1.165, 1.54) is 13.2 Å². The van der Waals surface area contributed by atoms with Crippen LogP contribution in [-0.2, 0) is 34.8 Å². The molecule has 0 spiro atoms. The largest absolute Gasteiger partial charge is 0.465 e. The standard InChI is InChI=1S/C34H35ClFN3O5.C2H6/c1-34(26-8-7-24(35)18-27(26)36)43-30-5-3-4-22(32(30)44-34)16-21-10-13-38(14-11-21)20-31-37-28-9-6-23(33(40)41-2)17-29(28)39(31)19-25-12-15-42-25;1-2/h3-9,17-18,21,25H,10-16,19-20H2,1-2H3;1-2H3. The molecule has 244 valence electrons. The third kappa shape index (κ3) is 6.46. The lowest BCUT2D eigenvalue weighted by Crippen LogP contribution is -2.36. The molecule has 3 aromatic carbocycles. The Balaban J connectivity index is 0.00000182. The Morgan fingerprint density at radius 3 is 2.57 bits per heavy atom. The van der Waals surface area contributed by atoms with E-state index in [0.717, 1.165) is 74.3 Å². The van der Waals surface area contributed by atoms with Crippen molar-refractivity contribution in [2.45, 2.75) is 71.4 Å². The lowest BCUT2D eigenvalue weighted by atomic mass is 9.89. The van der Waals surface area contributed by atoms with Gasteiger partial charge in [-0.05, 0) is 92.7 Å². The molecule has 2 unspecified atom stereocenters. The number of nitrogens with zero attached hydrogens (tertiary/aromatic N) is 3. The summed E-state index contributed by atoms with van der Waals surface area (Å²) in [6.07, 6.45) is 4.11. The molecule has 10 heteroatoms. The van der Waals surface area contributed by atoms with Crippen molar-refractivity contribution >= 4 is 28.6 Å². The van der Waals surface area contributed by atoms with Gasteiger partial charge in [0.25, 0.3) is 5.79 Å². The van der Waals surface area contributed by atoms with Crippen molar-refractivity contribution in [3.8, 4) is 11.5 Å². The Morgan fingerprint density at radius 2 is 1.87 bits per heavy atom. The van der Waals surface area contributed by atoms with Crippen molar-refractivity contribution in [3.63, 3.8) is 0 Å². The maximum Gasteiger partial charge on any atom is 0.337 e. The fourth-order valence-electron chi connectivity index (χ4n) is 6.55. The van der Waals surface area contributed by atoms with E-state index < -0.39 is 11.6 Å². The highest BCUT2D eigenvalue weighted by atomic mass is 35.5. The van der Waals surface area contributed by atoms with Gasteiger partial charge in [-0.3, -0.25) is 4.90 Å². The molecule has 0 aliphatic carbocycles. The summed E-state index contributed by atoms with van der Waals surface area (Å²) in [5, 5.41) is 0.328. The van der Waals surface area contributed by atoms with Gasteiger partial charge in [-0.2, -0.15) is 0 Å². The highest BCUT2D eigenvalue weighted by Crippen LogP contribution is 2.47. The number of hydrogen-bond donors (Lipinski definition) is 0. The van der Waals surface area contributed by atoms with E-state index in [0.29, 0.717) is 40.1 Å². The number of fused-ring (bicyclic) bond motifs is 2. The molecule has 46 heavy (non-hydrogen) atoms. The molecule has 7 rings (SSSR count). The van der Waals surface area contributed by atoms with Gasteiger partial charge >= 0.3 is 5.97 Å². The predicted molar refractivity (Wildman–Crippen MR) is 175 cm³/mol. The van der Waals surface area contributed by atoms with Crippen LogP contribution in [0.25, 0.3) is 11.0 Å². The van der Waals surface area contributed by atoms with Crippen molar-refractivity contribution in [1.82, 2.24) is 14.5 Å². The molecule has 3 aliphatic heterocycles. The first-order valence-corrected chi connectivity index (χ1v) is 16.5. The summed E-state index contributed by atoms with van der Waals surface area (Å²) in [4.78, 5) is 19.6. The number of methoxy groups -OCH3 is 1. The first kappa shape index (κ1) is 32.3. The molecule has 2 saturated heterocycles. The Hall–Kier alpha value is -3.66. The number of piperidine rings is 1. The first-order chi connectivity index (χ1) is 22.3. The Labute approximate surface area is 274 Å². The second kappa shape index (κ2) is 13.6. The lowest BCUT2D eigenvalue weighted by molar-refractivity contribution is -0.0711. The van der Waals surface area contributed by atoms with Crippen molar-refractivity contribution in [2.24, 2.45) is 5.92 Å². The number of carbonyl (C=O) groups excluding carboxylic acids is 1. The molecule has 0 radical (unpaired) electrons. The third-order valence-electron chi connectivity index (χ3n) is 9.09. The number of aromatic nitrogens is 2. The molecule has 0 saturated carbocycles. The molecular formula is C36H41ClFN3O5. The van der Waals surface area contributed by atoms with Crippen molar-refractivity contribution in [3.05, 3.63) is 88.0 Å². The molecule has 0 amide bonds. The molecule has 2 fully saturated rings. The summed E-state index contributed by atoms with van der Waals surface area (Å²) in [6, 6.07) is 16.0. The summed E-state index contributed by atoms with van der Waals surface area (Å²) in [7, 11) is 1.40. The fourth-order valence-corrected chi connectivity index (χ4v) is 6.70. The average molecular weight is 650 g/mol. The molecule has 4 aromatic rings. The molecule has 2 atom stereocenters. The van der Waals surface area contributed by atoms with Crippen molar-refractivity contribution in [2.75, 3.05) is 26.8 Å². The van der Waals surface area contributed by atoms with E-state index in [1.807, 2.05) is 38.1 Å². The monoisotopic (exact) mass is 649 g/mol. The van der Waals surface area contributed by atoms with Gasteiger partial charge in [0.1, 0.15) is 11.6 Å². The smallest absolute Gasteiger partial charge is 0.337 e. The molecule has 1 aromatic heterocycles. The number of para-hydroxylation sites is 1. The topological polar surface area (TPSA) is 75.0 Å². The van der Waals surface area contributed by atoms with E-state index in [1.54, 1.807) is 25.1 Å². The Bertz CT molecular complexity index is 1720. The zero-order valence-corrected chi connectivity index (χ0v) is 27.6. The van der Waals surface area contributed by atoms with Crippen LogP contribution >= 0.6 is 11.6 Å². The molecule has 0 bridgehead atoms. The molecule has 8 nitrogen and oxygen atoms in total. The minimum absolute atomic E-state index is 0.163. The van der Waals surface area contributed by atoms with Gasteiger partial charge < -0.3 is 23.5 Å². The van der Waals surface area contributed by atoms with E-state index in [4.69, 9.17) is 35.5 Å². The highest BCUT2D eigenvalue weighted by molar-refractivity contribution is 6.30. The summed E-state index contributed by atoms with van der Waals surface area (Å²) in [5.41, 5.74) is 3.70. The minimum Gasteiger partial charge on any atom is -0.465 e. The minimum atomic E-state index is -1.26. The van der Waals surface area contributed by atoms with Crippen LogP contribution in [0.3, 0.4) is 0 Å². The van der Waals surface area contributed by atoms with Crippen molar-refractivity contribution in [1.29, 1.82) is 0 Å². The maximum absolute atomic E-state index is 14.8. The zero-order valence-electron chi connectivity index (χ0n) is 26.9. The van der Waals surface area contributed by atoms with E-state index in [-0.39, 0.29) is 12.1 Å². The summed E-state index contributed by atoms with van der Waals surface area (Å²) in [5.74, 6) is 0.697. The number of hydrogen-bond acceptors (Lipinski definition) is 7. The summed E-state index contributed by atoms with van der Waals surface area (Å²) >= 11 is 5.97. The first-order valence-electron chi connectivity index (χ1n) is 16.2. The van der Waals surface area contributed by atoms with Crippen LogP contribution in [0.4, 0.5) is 4.39 Å². The number of carbonyl (C=O) groups is 1. The number of esters is 1. The number of imidazole rings is 1. The second-order valence-corrected chi connectivity index (χ2v) is 12.5. The lowest BCUT2D eigenvalue weighted by Gasteiger charge is -2.32. The van der Waals surface area contributed by atoms with Crippen LogP contribution in [0, 0.1) is 11.7 Å². The van der Waals surface area contributed by atoms with Gasteiger partial charge in [-0.15, -0.1) is 0 Å². The van der Waals surface area contributed by atoms with Crippen LogP contribution in [0.1, 0.15) is 67.3 Å². The normalized spacial score (nSPS) is 21.0. The molecule has 4 heterocycles. The van der Waals surface area contributed by atoms with Crippen LogP contribution in [-0.4, -0.2) is 53.3 Å². The quantitative estimate of drug-likeness (QED) is 0.183. The molecule has 0 N–H and O–H groups in total. The number of halogens is 2. The van der Waals surface area contributed by atoms with Crippen molar-refractivity contribution < 1.29 is 28.1 Å². The van der Waals surface area contributed by atoms with Gasteiger partial charge in [0.2, 0.25) is 0 Å². The Morgan fingerprint density at radius 1 is 1.09 bits per heavy atom. The van der Waals surface area contributed by atoms with Crippen LogP contribution in [0.2, 0.25) is 5.02 Å². The van der Waals surface area contributed by atoms with Crippen LogP contribution in [0.15, 0.2) is 54.6 Å². The highest BCUT2D eigenvalue weighted by Gasteiger charge is 2.42. The zero-order chi connectivity index (χ0) is 32.4. The number of rotatable bonds is 8. The number of likely N-dealkylation sites (tertiary alicyclic amines) is 1. The van der Waals surface area contributed by atoms with Crippen LogP contribution in [0.5, 0.6) is 11.5 Å². The molecule has 3 aliphatic rings. The SMILES string of the molecule is CC.COC(=O)c1ccc2nc(CN3CCC(Cc4cccc5c4OC(C)(c4ccc(Cl)cc4F)O5)CC3)n(CC3CCO3)c2c1. The van der Waals surface area contributed by atoms with Gasteiger partial charge in [0.15, 0.2) is 11.5 Å². The third-order valence-corrected chi connectivity index (χ3v) is 9.33. The van der Waals surface area contributed by atoms with E-state index in [9.17, 15) is 9.18 Å². The predicted octanol–water partition coefficient (Wildman–Crippen LogP) is 7.53. The van der Waals surface area contributed by atoms with Gasteiger partial charge in [-0.25, -0.2) is 14.2 Å². The van der Waals surface area contributed by atoms with E-state index >= 15 is 0 Å². The second-order valence-electron chi connectivity index (χ2n) is 12.1. The maximum atomic E-state index is 14.8. The summed E-state index contributed by atoms with van der Waals surface area (Å²) < 4.78 is 40.2. The van der Waals surface area contributed by atoms with Gasteiger partial charge in [0.05, 0.1) is 48.5 Å². The summed E-state index contributed by atoms with van der Waals surface area (Å²) in [6.45, 7) is 9.86. The molecular weight excluding hydrogens is 609 g/mol. The average Bonchev–Trinajstić information content (AvgIpc) is 3.57. The van der Waals surface area contributed by atoms with Gasteiger partial charge in [-0.1, -0.05) is 37.6 Å².